The fourth-order valence-corrected chi connectivity index (χ4v) is 1.75. The molecule has 0 amide bonds. The van der Waals surface area contributed by atoms with E-state index in [1.165, 1.54) is 6.07 Å². The Morgan fingerprint density at radius 1 is 1.00 bits per heavy atom. The standard InChI is InChI=1S/C13H9ClF4N2/c14-9-3-1-7(13(16,17)18)5-12(9)20-11-4-2-8(15)6-10(11)19/h1-6,20H,19H2. The lowest BCUT2D eigenvalue weighted by Gasteiger charge is -2.13. The van der Waals surface area contributed by atoms with Gasteiger partial charge in [0, 0.05) is 0 Å². The average molecular weight is 305 g/mol. The average Bonchev–Trinajstić information content (AvgIpc) is 2.33. The molecule has 0 heterocycles. The molecule has 0 saturated heterocycles. The highest BCUT2D eigenvalue weighted by Gasteiger charge is 2.31. The maximum Gasteiger partial charge on any atom is 0.416 e. The highest BCUT2D eigenvalue weighted by molar-refractivity contribution is 6.33. The monoisotopic (exact) mass is 304 g/mol. The van der Waals surface area contributed by atoms with Crippen LogP contribution in [0.4, 0.5) is 34.6 Å². The van der Waals surface area contributed by atoms with Crippen LogP contribution in [0.5, 0.6) is 0 Å². The van der Waals surface area contributed by atoms with E-state index in [1.54, 1.807) is 0 Å². The number of alkyl halides is 3. The zero-order valence-electron chi connectivity index (χ0n) is 9.93. The molecule has 0 atom stereocenters. The van der Waals surface area contributed by atoms with Crippen LogP contribution in [0.3, 0.4) is 0 Å². The molecule has 0 spiro atoms. The van der Waals surface area contributed by atoms with Gasteiger partial charge in [0.15, 0.2) is 0 Å². The summed E-state index contributed by atoms with van der Waals surface area (Å²) in [5, 5.41) is 2.76. The van der Waals surface area contributed by atoms with Crippen LogP contribution in [0.1, 0.15) is 5.56 Å². The summed E-state index contributed by atoms with van der Waals surface area (Å²) in [4.78, 5) is 0. The number of nitrogens with two attached hydrogens (primary N) is 1. The second-order valence-electron chi connectivity index (χ2n) is 4.05. The molecular weight excluding hydrogens is 296 g/mol. The second-order valence-corrected chi connectivity index (χ2v) is 4.46. The van der Waals surface area contributed by atoms with Gasteiger partial charge in [-0.2, -0.15) is 13.2 Å². The normalized spacial score (nSPS) is 11.4. The van der Waals surface area contributed by atoms with Crippen LogP contribution in [0.15, 0.2) is 36.4 Å². The van der Waals surface area contributed by atoms with Crippen molar-refractivity contribution in [3.05, 3.63) is 52.8 Å². The van der Waals surface area contributed by atoms with Crippen molar-refractivity contribution in [2.75, 3.05) is 11.1 Å². The summed E-state index contributed by atoms with van der Waals surface area (Å²) in [6.45, 7) is 0. The third kappa shape index (κ3) is 3.14. The lowest BCUT2D eigenvalue weighted by atomic mass is 10.2. The minimum atomic E-state index is -4.48. The summed E-state index contributed by atoms with van der Waals surface area (Å²) in [5.41, 5.74) is 5.11. The van der Waals surface area contributed by atoms with Gasteiger partial charge in [-0.05, 0) is 36.4 Å². The van der Waals surface area contributed by atoms with E-state index in [4.69, 9.17) is 17.3 Å². The minimum absolute atomic E-state index is 0.0415. The summed E-state index contributed by atoms with van der Waals surface area (Å²) < 4.78 is 50.8. The van der Waals surface area contributed by atoms with Crippen molar-refractivity contribution in [1.82, 2.24) is 0 Å². The molecule has 0 unspecified atom stereocenters. The van der Waals surface area contributed by atoms with Crippen molar-refractivity contribution in [1.29, 1.82) is 0 Å². The topological polar surface area (TPSA) is 38.0 Å². The minimum Gasteiger partial charge on any atom is -0.397 e. The van der Waals surface area contributed by atoms with Gasteiger partial charge in [-0.3, -0.25) is 0 Å². The van der Waals surface area contributed by atoms with E-state index >= 15 is 0 Å². The van der Waals surface area contributed by atoms with Gasteiger partial charge in [-0.15, -0.1) is 0 Å². The molecule has 2 nitrogen and oxygen atoms in total. The first kappa shape index (κ1) is 14.5. The molecule has 20 heavy (non-hydrogen) atoms. The molecule has 0 aliphatic carbocycles. The first-order chi connectivity index (χ1) is 9.27. The fourth-order valence-electron chi connectivity index (χ4n) is 1.59. The quantitative estimate of drug-likeness (QED) is 0.616. The Bertz CT molecular complexity index is 641. The number of nitrogen functional groups attached to an aromatic ring is 1. The molecule has 0 radical (unpaired) electrons. The predicted molar refractivity (Wildman–Crippen MR) is 70.5 cm³/mol. The van der Waals surface area contributed by atoms with Gasteiger partial charge >= 0.3 is 6.18 Å². The van der Waals surface area contributed by atoms with Crippen LogP contribution in [-0.2, 0) is 6.18 Å². The number of nitrogens with one attached hydrogen (secondary N) is 1. The van der Waals surface area contributed by atoms with Crippen molar-refractivity contribution >= 4 is 28.7 Å². The van der Waals surface area contributed by atoms with Gasteiger partial charge in [-0.1, -0.05) is 11.6 Å². The first-order valence-corrected chi connectivity index (χ1v) is 5.84. The molecule has 2 aromatic rings. The van der Waals surface area contributed by atoms with Crippen LogP contribution < -0.4 is 11.1 Å². The van der Waals surface area contributed by atoms with Crippen molar-refractivity contribution in [3.63, 3.8) is 0 Å². The van der Waals surface area contributed by atoms with Crippen LogP contribution in [0.25, 0.3) is 0 Å². The number of benzene rings is 2. The van der Waals surface area contributed by atoms with E-state index in [9.17, 15) is 17.6 Å². The molecule has 106 valence electrons. The first-order valence-electron chi connectivity index (χ1n) is 5.46. The lowest BCUT2D eigenvalue weighted by Crippen LogP contribution is -2.06. The molecule has 0 aliphatic heterocycles. The van der Waals surface area contributed by atoms with Crippen molar-refractivity contribution in [3.8, 4) is 0 Å². The Hall–Kier alpha value is -1.95. The lowest BCUT2D eigenvalue weighted by molar-refractivity contribution is -0.137. The Morgan fingerprint density at radius 2 is 1.70 bits per heavy atom. The molecular formula is C13H9ClF4N2. The highest BCUT2D eigenvalue weighted by atomic mass is 35.5. The molecule has 0 saturated carbocycles. The Morgan fingerprint density at radius 3 is 2.30 bits per heavy atom. The fraction of sp³-hybridized carbons (Fsp3) is 0.0769. The van der Waals surface area contributed by atoms with Gasteiger partial charge in [0.05, 0.1) is 27.6 Å². The van der Waals surface area contributed by atoms with Crippen LogP contribution in [-0.4, -0.2) is 0 Å². The van der Waals surface area contributed by atoms with Crippen molar-refractivity contribution < 1.29 is 17.6 Å². The molecule has 0 bridgehead atoms. The zero-order valence-corrected chi connectivity index (χ0v) is 10.7. The molecule has 3 N–H and O–H groups in total. The predicted octanol–water partition coefficient (Wildman–Crippen LogP) is 4.82. The number of hydrogen-bond acceptors (Lipinski definition) is 2. The maximum absolute atomic E-state index is 12.9. The van der Waals surface area contributed by atoms with Crippen molar-refractivity contribution in [2.24, 2.45) is 0 Å². The van der Waals surface area contributed by atoms with Crippen LogP contribution >= 0.6 is 11.6 Å². The molecule has 0 aromatic heterocycles. The third-order valence-corrected chi connectivity index (χ3v) is 2.91. The van der Waals surface area contributed by atoms with Gasteiger partial charge in [0.25, 0.3) is 0 Å². The van der Waals surface area contributed by atoms with Gasteiger partial charge in [0.1, 0.15) is 5.82 Å². The van der Waals surface area contributed by atoms with Crippen LogP contribution in [0.2, 0.25) is 5.02 Å². The summed E-state index contributed by atoms with van der Waals surface area (Å²) in [7, 11) is 0. The van der Waals surface area contributed by atoms with E-state index in [2.05, 4.69) is 5.32 Å². The molecule has 2 rings (SSSR count). The zero-order chi connectivity index (χ0) is 14.9. The van der Waals surface area contributed by atoms with E-state index in [1.807, 2.05) is 0 Å². The van der Waals surface area contributed by atoms with Crippen LogP contribution in [0, 0.1) is 5.82 Å². The Balaban J connectivity index is 2.38. The molecule has 7 heteroatoms. The summed E-state index contributed by atoms with van der Waals surface area (Å²) in [6, 6.07) is 6.39. The number of hydrogen-bond donors (Lipinski definition) is 2. The van der Waals surface area contributed by atoms with Gasteiger partial charge < -0.3 is 11.1 Å². The van der Waals surface area contributed by atoms with E-state index in [0.717, 1.165) is 30.3 Å². The van der Waals surface area contributed by atoms with Gasteiger partial charge in [-0.25, -0.2) is 4.39 Å². The Labute approximate surface area is 117 Å². The Kier molecular flexibility index (Phi) is 3.76. The summed E-state index contributed by atoms with van der Waals surface area (Å²) >= 11 is 5.84. The third-order valence-electron chi connectivity index (χ3n) is 2.58. The number of rotatable bonds is 2. The molecule has 0 aliphatic rings. The number of anilines is 3. The molecule has 2 aromatic carbocycles. The van der Waals surface area contributed by atoms with Crippen molar-refractivity contribution in [2.45, 2.75) is 6.18 Å². The smallest absolute Gasteiger partial charge is 0.397 e. The maximum atomic E-state index is 12.9. The summed E-state index contributed by atoms with van der Waals surface area (Å²) in [5.74, 6) is -0.539. The van der Waals surface area contributed by atoms with E-state index < -0.39 is 17.6 Å². The second kappa shape index (κ2) is 5.20. The van der Waals surface area contributed by atoms with Gasteiger partial charge in [0.2, 0.25) is 0 Å². The highest BCUT2D eigenvalue weighted by Crippen LogP contribution is 2.35. The summed E-state index contributed by atoms with van der Waals surface area (Å²) in [6.07, 6.45) is -4.48. The SMILES string of the molecule is Nc1cc(F)ccc1Nc1cc(C(F)(F)F)ccc1Cl. The van der Waals surface area contributed by atoms with E-state index in [-0.39, 0.29) is 22.1 Å². The number of halogens is 5. The molecule has 0 fully saturated rings. The van der Waals surface area contributed by atoms with E-state index in [0.29, 0.717) is 0 Å². The largest absolute Gasteiger partial charge is 0.416 e.